The fourth-order valence-electron chi connectivity index (χ4n) is 3.98. The molecule has 24 heavy (non-hydrogen) atoms. The summed E-state index contributed by atoms with van der Waals surface area (Å²) in [5.41, 5.74) is 7.66. The lowest BCUT2D eigenvalue weighted by Gasteiger charge is -2.49. The maximum atomic E-state index is 12.7. The number of rotatable bonds is 3. The smallest absolute Gasteiger partial charge is 0.280 e. The Morgan fingerprint density at radius 1 is 1.33 bits per heavy atom. The maximum Gasteiger partial charge on any atom is 0.280 e. The summed E-state index contributed by atoms with van der Waals surface area (Å²) in [6.45, 7) is 4.54. The van der Waals surface area contributed by atoms with E-state index in [1.54, 1.807) is 6.20 Å². The van der Waals surface area contributed by atoms with Crippen LogP contribution in [-0.4, -0.2) is 41.0 Å². The summed E-state index contributed by atoms with van der Waals surface area (Å²) < 4.78 is 0. The van der Waals surface area contributed by atoms with Crippen LogP contribution in [-0.2, 0) is 0 Å². The van der Waals surface area contributed by atoms with Crippen LogP contribution in [0, 0.1) is 5.92 Å². The molecule has 0 aliphatic carbocycles. The monoisotopic (exact) mass is 342 g/mol. The van der Waals surface area contributed by atoms with E-state index in [1.807, 2.05) is 24.3 Å². The normalized spacial score (nSPS) is 28.7. The lowest BCUT2D eigenvalue weighted by molar-refractivity contribution is 0.0217. The van der Waals surface area contributed by atoms with Crippen molar-refractivity contribution in [3.05, 3.63) is 35.5 Å². The van der Waals surface area contributed by atoms with E-state index in [1.165, 1.54) is 24.2 Å². The number of nitrogens with two attached hydrogens (primary N) is 1. The molecule has 126 valence electrons. The lowest BCUT2D eigenvalue weighted by Crippen LogP contribution is -2.62. The number of hydrogen-bond donors (Lipinski definition) is 2. The van der Waals surface area contributed by atoms with Crippen LogP contribution in [0.15, 0.2) is 30.5 Å². The van der Waals surface area contributed by atoms with E-state index in [0.717, 1.165) is 23.5 Å². The summed E-state index contributed by atoms with van der Waals surface area (Å²) in [6.07, 6.45) is 4.10. The van der Waals surface area contributed by atoms with Gasteiger partial charge in [-0.15, -0.1) is 11.3 Å². The molecule has 3 fully saturated rings. The van der Waals surface area contributed by atoms with Crippen LogP contribution in [0.4, 0.5) is 5.69 Å². The van der Waals surface area contributed by atoms with Crippen molar-refractivity contribution in [2.45, 2.75) is 31.8 Å². The second-order valence-electron chi connectivity index (χ2n) is 6.73. The molecule has 2 bridgehead atoms. The third-order valence-electron chi connectivity index (χ3n) is 5.40. The van der Waals surface area contributed by atoms with E-state index in [-0.39, 0.29) is 11.9 Å². The Bertz CT molecular complexity index is 749. The van der Waals surface area contributed by atoms with Crippen LogP contribution in [0.3, 0.4) is 0 Å². The number of carbonyl (C=O) groups excluding carboxylic acids is 1. The van der Waals surface area contributed by atoms with Crippen molar-refractivity contribution in [3.8, 4) is 10.4 Å². The minimum absolute atomic E-state index is 0.0636. The van der Waals surface area contributed by atoms with E-state index in [2.05, 4.69) is 22.1 Å². The number of para-hydroxylation sites is 1. The van der Waals surface area contributed by atoms with Gasteiger partial charge < -0.3 is 11.1 Å². The number of benzene rings is 1. The Labute approximate surface area is 145 Å². The van der Waals surface area contributed by atoms with Gasteiger partial charge in [-0.1, -0.05) is 18.2 Å². The zero-order chi connectivity index (χ0) is 16.7. The van der Waals surface area contributed by atoms with Gasteiger partial charge in [-0.3, -0.25) is 9.69 Å². The third kappa shape index (κ3) is 2.70. The zero-order valence-corrected chi connectivity index (χ0v) is 14.6. The molecule has 2 atom stereocenters. The van der Waals surface area contributed by atoms with Crippen molar-refractivity contribution in [1.29, 1.82) is 0 Å². The first-order chi connectivity index (χ1) is 11.6. The highest BCUT2D eigenvalue weighted by atomic mass is 32.1. The van der Waals surface area contributed by atoms with Crippen LogP contribution in [0.25, 0.3) is 10.4 Å². The molecule has 2 unspecified atom stereocenters. The first-order valence-corrected chi connectivity index (χ1v) is 9.31. The summed E-state index contributed by atoms with van der Waals surface area (Å²) >= 11 is 1.40. The van der Waals surface area contributed by atoms with Crippen molar-refractivity contribution in [3.63, 3.8) is 0 Å². The molecule has 1 aromatic carbocycles. The summed E-state index contributed by atoms with van der Waals surface area (Å²) in [6, 6.07) is 8.31. The highest BCUT2D eigenvalue weighted by Gasteiger charge is 2.40. The minimum Gasteiger partial charge on any atom is -0.398 e. The summed E-state index contributed by atoms with van der Waals surface area (Å²) in [4.78, 5) is 20.4. The molecule has 3 aliphatic heterocycles. The van der Waals surface area contributed by atoms with Gasteiger partial charge in [0, 0.05) is 29.5 Å². The molecule has 3 saturated heterocycles. The average molecular weight is 342 g/mol. The predicted molar refractivity (Wildman–Crippen MR) is 97.0 cm³/mol. The number of nitrogens with zero attached hydrogens (tertiary/aromatic N) is 2. The molecule has 3 aliphatic rings. The number of amides is 1. The molecule has 5 nitrogen and oxygen atoms in total. The van der Waals surface area contributed by atoms with Crippen LogP contribution in [0.5, 0.6) is 0 Å². The van der Waals surface area contributed by atoms with Crippen LogP contribution in [0.2, 0.25) is 0 Å². The molecule has 2 aromatic rings. The topological polar surface area (TPSA) is 71.2 Å². The van der Waals surface area contributed by atoms with E-state index in [9.17, 15) is 4.79 Å². The van der Waals surface area contributed by atoms with Crippen LogP contribution < -0.4 is 11.1 Å². The Kier molecular flexibility index (Phi) is 4.02. The third-order valence-corrected chi connectivity index (χ3v) is 6.43. The molecule has 1 aromatic heterocycles. The molecule has 6 heteroatoms. The fourth-order valence-corrected chi connectivity index (χ4v) is 4.85. The van der Waals surface area contributed by atoms with Crippen molar-refractivity contribution in [2.75, 3.05) is 18.8 Å². The van der Waals surface area contributed by atoms with Crippen LogP contribution >= 0.6 is 11.3 Å². The SMILES string of the molecule is CC1C(NC(=O)c2ncc(-c3ccccc3N)s2)C2CCN1CC2. The molecule has 1 amide bonds. The largest absolute Gasteiger partial charge is 0.398 e. The van der Waals surface area contributed by atoms with E-state index < -0.39 is 0 Å². The first kappa shape index (κ1) is 15.6. The maximum absolute atomic E-state index is 12.7. The second-order valence-corrected chi connectivity index (χ2v) is 7.76. The molecule has 0 saturated carbocycles. The molecular weight excluding hydrogens is 320 g/mol. The van der Waals surface area contributed by atoms with Gasteiger partial charge >= 0.3 is 0 Å². The van der Waals surface area contributed by atoms with Crippen molar-refractivity contribution in [1.82, 2.24) is 15.2 Å². The first-order valence-electron chi connectivity index (χ1n) is 8.49. The quantitative estimate of drug-likeness (QED) is 0.841. The van der Waals surface area contributed by atoms with E-state index >= 15 is 0 Å². The lowest BCUT2D eigenvalue weighted by atomic mass is 9.79. The zero-order valence-electron chi connectivity index (χ0n) is 13.7. The number of carbonyl (C=O) groups is 1. The molecular formula is C18H22N4OS. The Morgan fingerprint density at radius 2 is 2.08 bits per heavy atom. The standard InChI is InChI=1S/C18H22N4OS/c1-11-16(12-6-8-22(11)9-7-12)21-17(23)18-20-10-15(24-18)13-4-2-3-5-14(13)19/h2-5,10-12,16H,6-9,19H2,1H3,(H,21,23). The van der Waals surface area contributed by atoms with Gasteiger partial charge in [0.2, 0.25) is 0 Å². The van der Waals surface area contributed by atoms with E-state index in [4.69, 9.17) is 5.73 Å². The van der Waals surface area contributed by atoms with Gasteiger partial charge in [0.25, 0.3) is 5.91 Å². The second kappa shape index (κ2) is 6.18. The summed E-state index contributed by atoms with van der Waals surface area (Å²) in [5.74, 6) is 0.532. The molecule has 0 spiro atoms. The number of aromatic nitrogens is 1. The molecule has 0 radical (unpaired) electrons. The summed E-state index contributed by atoms with van der Waals surface area (Å²) in [5, 5.41) is 3.74. The van der Waals surface area contributed by atoms with Gasteiger partial charge in [0.05, 0.1) is 4.88 Å². The number of hydrogen-bond acceptors (Lipinski definition) is 5. The molecule has 3 N–H and O–H groups in total. The Morgan fingerprint density at radius 3 is 2.79 bits per heavy atom. The van der Waals surface area contributed by atoms with Gasteiger partial charge in [0.1, 0.15) is 0 Å². The van der Waals surface area contributed by atoms with Gasteiger partial charge in [-0.2, -0.15) is 0 Å². The van der Waals surface area contributed by atoms with Gasteiger partial charge in [-0.25, -0.2) is 4.98 Å². The van der Waals surface area contributed by atoms with Crippen LogP contribution in [0.1, 0.15) is 29.6 Å². The number of thiazole rings is 1. The Hall–Kier alpha value is -1.92. The number of nitrogen functional groups attached to an aromatic ring is 1. The number of fused-ring (bicyclic) bond motifs is 3. The number of piperidine rings is 3. The van der Waals surface area contributed by atoms with Crippen molar-refractivity contribution < 1.29 is 4.79 Å². The number of anilines is 1. The highest BCUT2D eigenvalue weighted by molar-refractivity contribution is 7.17. The summed E-state index contributed by atoms with van der Waals surface area (Å²) in [7, 11) is 0. The molecule has 5 rings (SSSR count). The van der Waals surface area contributed by atoms with Crippen molar-refractivity contribution in [2.24, 2.45) is 5.92 Å². The minimum atomic E-state index is -0.0636. The molecule has 4 heterocycles. The Balaban J connectivity index is 1.51. The predicted octanol–water partition coefficient (Wildman–Crippen LogP) is 2.60. The highest BCUT2D eigenvalue weighted by Crippen LogP contribution is 2.33. The van der Waals surface area contributed by atoms with Gasteiger partial charge in [-0.05, 0) is 44.8 Å². The van der Waals surface area contributed by atoms with Crippen molar-refractivity contribution >= 4 is 22.9 Å². The fraction of sp³-hybridized carbons (Fsp3) is 0.444. The average Bonchev–Trinajstić information content (AvgIpc) is 3.09. The number of nitrogens with one attached hydrogen (secondary N) is 1. The van der Waals surface area contributed by atoms with E-state index in [0.29, 0.717) is 22.7 Å². The van der Waals surface area contributed by atoms with Gasteiger partial charge in [0.15, 0.2) is 5.01 Å².